The molecule has 2 heterocycles. The molecule has 0 saturated carbocycles. The van der Waals surface area contributed by atoms with E-state index in [-0.39, 0.29) is 18.4 Å². The first kappa shape index (κ1) is 16.4. The van der Waals surface area contributed by atoms with Crippen LogP contribution >= 0.6 is 22.7 Å². The van der Waals surface area contributed by atoms with Gasteiger partial charge in [0.25, 0.3) is 5.91 Å². The van der Waals surface area contributed by atoms with E-state index >= 15 is 0 Å². The molecule has 7 heteroatoms. The Bertz CT molecular complexity index is 856. The summed E-state index contributed by atoms with van der Waals surface area (Å²) in [7, 11) is 0. The number of carbonyl (C=O) groups is 2. The van der Waals surface area contributed by atoms with Crippen molar-refractivity contribution in [3.63, 3.8) is 0 Å². The highest BCUT2D eigenvalue weighted by Crippen LogP contribution is 2.24. The van der Waals surface area contributed by atoms with Crippen LogP contribution in [0, 0.1) is 6.92 Å². The first-order valence-corrected chi connectivity index (χ1v) is 9.02. The molecule has 5 nitrogen and oxygen atoms in total. The Morgan fingerprint density at radius 1 is 1.17 bits per heavy atom. The number of benzene rings is 1. The minimum absolute atomic E-state index is 0.0726. The molecule has 0 aliphatic heterocycles. The summed E-state index contributed by atoms with van der Waals surface area (Å²) in [4.78, 5) is 28.8. The molecule has 0 fully saturated rings. The summed E-state index contributed by atoms with van der Waals surface area (Å²) in [6, 6.07) is 11.0. The predicted molar refractivity (Wildman–Crippen MR) is 97.6 cm³/mol. The van der Waals surface area contributed by atoms with Crippen molar-refractivity contribution in [1.29, 1.82) is 0 Å². The molecule has 122 valence electrons. The third-order valence-electron chi connectivity index (χ3n) is 3.22. The van der Waals surface area contributed by atoms with Crippen molar-refractivity contribution in [2.45, 2.75) is 6.92 Å². The Balaban J connectivity index is 1.59. The fourth-order valence-corrected chi connectivity index (χ4v) is 3.38. The lowest BCUT2D eigenvalue weighted by molar-refractivity contribution is -0.115. The quantitative estimate of drug-likeness (QED) is 0.733. The Morgan fingerprint density at radius 3 is 2.75 bits per heavy atom. The maximum absolute atomic E-state index is 12.0. The molecular weight excluding hydrogens is 342 g/mol. The number of aromatic nitrogens is 1. The summed E-state index contributed by atoms with van der Waals surface area (Å²) in [6.07, 6.45) is 0. The highest BCUT2D eigenvalue weighted by atomic mass is 32.1. The predicted octanol–water partition coefficient (Wildman–Crippen LogP) is 3.55. The van der Waals surface area contributed by atoms with Gasteiger partial charge in [0.05, 0.1) is 22.1 Å². The van der Waals surface area contributed by atoms with E-state index in [1.54, 1.807) is 23.5 Å². The largest absolute Gasteiger partial charge is 0.342 e. The van der Waals surface area contributed by atoms with Gasteiger partial charge in [0.2, 0.25) is 5.91 Å². The zero-order valence-electron chi connectivity index (χ0n) is 12.9. The second kappa shape index (κ2) is 7.37. The van der Waals surface area contributed by atoms with Gasteiger partial charge in [-0.2, -0.15) is 0 Å². The number of amides is 2. The van der Waals surface area contributed by atoms with Crippen molar-refractivity contribution in [2.24, 2.45) is 0 Å². The average Bonchev–Trinajstić information content (AvgIpc) is 3.24. The van der Waals surface area contributed by atoms with Crippen LogP contribution in [0.4, 0.5) is 5.69 Å². The van der Waals surface area contributed by atoms with Crippen molar-refractivity contribution in [3.05, 3.63) is 57.0 Å². The van der Waals surface area contributed by atoms with E-state index in [2.05, 4.69) is 15.6 Å². The van der Waals surface area contributed by atoms with E-state index in [9.17, 15) is 9.59 Å². The van der Waals surface area contributed by atoms with Crippen LogP contribution in [0.2, 0.25) is 0 Å². The summed E-state index contributed by atoms with van der Waals surface area (Å²) in [6.45, 7) is 1.88. The van der Waals surface area contributed by atoms with Crippen LogP contribution in [-0.4, -0.2) is 23.3 Å². The van der Waals surface area contributed by atoms with Gasteiger partial charge in [-0.05, 0) is 30.5 Å². The number of anilines is 1. The number of hydrogen-bond donors (Lipinski definition) is 2. The normalized spacial score (nSPS) is 10.4. The molecule has 0 aliphatic carbocycles. The fourth-order valence-electron chi connectivity index (χ4n) is 2.11. The van der Waals surface area contributed by atoms with Crippen LogP contribution in [0.15, 0.2) is 47.2 Å². The molecule has 0 radical (unpaired) electrons. The second-order valence-electron chi connectivity index (χ2n) is 5.04. The molecule has 0 saturated heterocycles. The van der Waals surface area contributed by atoms with E-state index in [0.717, 1.165) is 16.3 Å². The number of nitrogens with zero attached hydrogens (tertiary/aromatic N) is 1. The first-order valence-electron chi connectivity index (χ1n) is 7.26. The zero-order valence-corrected chi connectivity index (χ0v) is 14.5. The standard InChI is InChI=1S/C17H15N3O2S2/c1-11-19-14(10-24-11)12-4-2-5-13(8-12)20-16(21)9-18-17(22)15-6-3-7-23-15/h2-8,10H,9H2,1H3,(H,18,22)(H,20,21). The maximum Gasteiger partial charge on any atom is 0.261 e. The van der Waals surface area contributed by atoms with Crippen LogP contribution in [-0.2, 0) is 4.79 Å². The number of thiophene rings is 1. The van der Waals surface area contributed by atoms with Gasteiger partial charge in [-0.3, -0.25) is 9.59 Å². The third kappa shape index (κ3) is 4.06. The lowest BCUT2D eigenvalue weighted by Crippen LogP contribution is -2.32. The molecule has 0 atom stereocenters. The van der Waals surface area contributed by atoms with Gasteiger partial charge in [-0.1, -0.05) is 18.2 Å². The number of aryl methyl sites for hydroxylation is 1. The van der Waals surface area contributed by atoms with E-state index in [1.165, 1.54) is 11.3 Å². The first-order chi connectivity index (χ1) is 11.6. The summed E-state index contributed by atoms with van der Waals surface area (Å²) in [5.41, 5.74) is 2.51. The number of rotatable bonds is 5. The van der Waals surface area contributed by atoms with E-state index in [1.807, 2.05) is 41.9 Å². The molecule has 24 heavy (non-hydrogen) atoms. The van der Waals surface area contributed by atoms with Crippen molar-refractivity contribution in [1.82, 2.24) is 10.3 Å². The Hall–Kier alpha value is -2.51. The molecule has 0 unspecified atom stereocenters. The van der Waals surface area contributed by atoms with Crippen LogP contribution in [0.5, 0.6) is 0 Å². The van der Waals surface area contributed by atoms with E-state index in [0.29, 0.717) is 10.6 Å². The Morgan fingerprint density at radius 2 is 2.04 bits per heavy atom. The van der Waals surface area contributed by atoms with Crippen molar-refractivity contribution in [3.8, 4) is 11.3 Å². The molecule has 1 aromatic carbocycles. The second-order valence-corrected chi connectivity index (χ2v) is 7.05. The van der Waals surface area contributed by atoms with Gasteiger partial charge in [0, 0.05) is 16.6 Å². The lowest BCUT2D eigenvalue weighted by atomic mass is 10.1. The molecule has 0 spiro atoms. The smallest absolute Gasteiger partial charge is 0.261 e. The topological polar surface area (TPSA) is 71.1 Å². The van der Waals surface area contributed by atoms with Gasteiger partial charge < -0.3 is 10.6 Å². The van der Waals surface area contributed by atoms with Crippen molar-refractivity contribution in [2.75, 3.05) is 11.9 Å². The number of nitrogens with one attached hydrogen (secondary N) is 2. The van der Waals surface area contributed by atoms with Crippen molar-refractivity contribution < 1.29 is 9.59 Å². The minimum Gasteiger partial charge on any atom is -0.342 e. The van der Waals surface area contributed by atoms with E-state index < -0.39 is 0 Å². The molecule has 2 amide bonds. The molecule has 2 aromatic heterocycles. The summed E-state index contributed by atoms with van der Waals surface area (Å²) >= 11 is 2.92. The van der Waals surface area contributed by atoms with Gasteiger partial charge in [0.1, 0.15) is 0 Å². The highest BCUT2D eigenvalue weighted by Gasteiger charge is 2.09. The number of hydrogen-bond acceptors (Lipinski definition) is 5. The average molecular weight is 357 g/mol. The third-order valence-corrected chi connectivity index (χ3v) is 4.86. The van der Waals surface area contributed by atoms with Gasteiger partial charge in [-0.15, -0.1) is 22.7 Å². The lowest BCUT2D eigenvalue weighted by Gasteiger charge is -2.07. The number of thiazole rings is 1. The molecular formula is C17H15N3O2S2. The SMILES string of the molecule is Cc1nc(-c2cccc(NC(=O)CNC(=O)c3cccs3)c2)cs1. The van der Waals surface area contributed by atoms with E-state index in [4.69, 9.17) is 0 Å². The van der Waals surface area contributed by atoms with Crippen molar-refractivity contribution >= 4 is 40.2 Å². The van der Waals surface area contributed by atoms with Gasteiger partial charge >= 0.3 is 0 Å². The van der Waals surface area contributed by atoms with Crippen LogP contribution < -0.4 is 10.6 Å². The number of carbonyl (C=O) groups excluding carboxylic acids is 2. The monoisotopic (exact) mass is 357 g/mol. The zero-order chi connectivity index (χ0) is 16.9. The van der Waals surface area contributed by atoms with Gasteiger partial charge in [-0.25, -0.2) is 4.98 Å². The minimum atomic E-state index is -0.272. The molecule has 3 aromatic rings. The molecule has 3 rings (SSSR count). The fraction of sp³-hybridized carbons (Fsp3) is 0.118. The molecule has 0 bridgehead atoms. The molecule has 0 aliphatic rings. The highest BCUT2D eigenvalue weighted by molar-refractivity contribution is 7.12. The van der Waals surface area contributed by atoms with Gasteiger partial charge in [0.15, 0.2) is 0 Å². The summed E-state index contributed by atoms with van der Waals surface area (Å²) < 4.78 is 0. The summed E-state index contributed by atoms with van der Waals surface area (Å²) in [5.74, 6) is -0.515. The van der Waals surface area contributed by atoms with Crippen LogP contribution in [0.1, 0.15) is 14.7 Å². The summed E-state index contributed by atoms with van der Waals surface area (Å²) in [5, 5.41) is 10.2. The van der Waals surface area contributed by atoms with Crippen LogP contribution in [0.25, 0.3) is 11.3 Å². The Kier molecular flexibility index (Phi) is 5.02. The maximum atomic E-state index is 12.0. The molecule has 2 N–H and O–H groups in total. The van der Waals surface area contributed by atoms with Crippen LogP contribution in [0.3, 0.4) is 0 Å². The Labute approximate surface area is 147 Å².